The van der Waals surface area contributed by atoms with Gasteiger partial charge in [-0.05, 0) is 31.5 Å². The van der Waals surface area contributed by atoms with E-state index >= 15 is 0 Å². The molecule has 0 bridgehead atoms. The van der Waals surface area contributed by atoms with Crippen LogP contribution in [0.15, 0.2) is 24.0 Å². The average Bonchev–Trinajstić information content (AvgIpc) is 2.72. The van der Waals surface area contributed by atoms with E-state index in [2.05, 4.69) is 42.1 Å². The lowest BCUT2D eigenvalue weighted by Gasteiger charge is -2.17. The van der Waals surface area contributed by atoms with E-state index in [9.17, 15) is 0 Å². The summed E-state index contributed by atoms with van der Waals surface area (Å²) in [6.07, 6.45) is 3.81. The van der Waals surface area contributed by atoms with Crippen molar-refractivity contribution in [2.45, 2.75) is 26.8 Å². The van der Waals surface area contributed by atoms with Crippen LogP contribution in [0.4, 0.5) is 0 Å². The zero-order valence-electron chi connectivity index (χ0n) is 10.4. The molecule has 0 saturated heterocycles. The lowest BCUT2D eigenvalue weighted by Crippen LogP contribution is -2.22. The van der Waals surface area contributed by atoms with Crippen molar-refractivity contribution >= 4 is 11.3 Å². The topological polar surface area (TPSA) is 37.8 Å². The van der Waals surface area contributed by atoms with Crippen LogP contribution in [0.25, 0.3) is 0 Å². The Morgan fingerprint density at radius 1 is 1.35 bits per heavy atom. The van der Waals surface area contributed by atoms with Crippen LogP contribution < -0.4 is 5.32 Å². The standard InChI is InChI=1S/C13H17N3S/c1-4-15-12(13-10(3)16-8-17-13)11-5-9(2)6-14-7-11/h5-8,12,15H,4H2,1-3H3. The minimum Gasteiger partial charge on any atom is -0.306 e. The smallest absolute Gasteiger partial charge is 0.0798 e. The van der Waals surface area contributed by atoms with E-state index in [1.807, 2.05) is 17.9 Å². The maximum atomic E-state index is 4.33. The molecule has 0 amide bonds. The van der Waals surface area contributed by atoms with Crippen molar-refractivity contribution in [2.24, 2.45) is 0 Å². The molecule has 0 aliphatic rings. The van der Waals surface area contributed by atoms with Gasteiger partial charge in [-0.15, -0.1) is 11.3 Å². The molecule has 1 N–H and O–H groups in total. The molecular weight excluding hydrogens is 230 g/mol. The molecule has 0 radical (unpaired) electrons. The summed E-state index contributed by atoms with van der Waals surface area (Å²) in [7, 11) is 0. The fourth-order valence-electron chi connectivity index (χ4n) is 1.89. The molecule has 2 aromatic heterocycles. The Morgan fingerprint density at radius 2 is 2.18 bits per heavy atom. The highest BCUT2D eigenvalue weighted by Crippen LogP contribution is 2.27. The molecule has 1 unspecified atom stereocenters. The number of hydrogen-bond donors (Lipinski definition) is 1. The first-order valence-electron chi connectivity index (χ1n) is 5.77. The zero-order chi connectivity index (χ0) is 12.3. The fourth-order valence-corrected chi connectivity index (χ4v) is 2.79. The lowest BCUT2D eigenvalue weighted by atomic mass is 10.1. The van der Waals surface area contributed by atoms with Crippen LogP contribution in [-0.2, 0) is 0 Å². The molecule has 0 fully saturated rings. The molecule has 1 atom stereocenters. The maximum Gasteiger partial charge on any atom is 0.0798 e. The number of aromatic nitrogens is 2. The summed E-state index contributed by atoms with van der Waals surface area (Å²) in [5.74, 6) is 0. The Labute approximate surface area is 106 Å². The predicted octanol–water partition coefficient (Wildman–Crippen LogP) is 2.85. The van der Waals surface area contributed by atoms with E-state index in [4.69, 9.17) is 0 Å². The van der Waals surface area contributed by atoms with Crippen molar-refractivity contribution in [3.8, 4) is 0 Å². The monoisotopic (exact) mass is 247 g/mol. The number of hydrogen-bond acceptors (Lipinski definition) is 4. The van der Waals surface area contributed by atoms with Gasteiger partial charge in [-0.3, -0.25) is 4.98 Å². The van der Waals surface area contributed by atoms with E-state index in [1.54, 1.807) is 11.3 Å². The summed E-state index contributed by atoms with van der Waals surface area (Å²) in [6.45, 7) is 7.17. The highest BCUT2D eigenvalue weighted by atomic mass is 32.1. The van der Waals surface area contributed by atoms with Crippen LogP contribution in [0, 0.1) is 13.8 Å². The summed E-state index contributed by atoms with van der Waals surface area (Å²) in [5, 5.41) is 3.50. The van der Waals surface area contributed by atoms with Crippen molar-refractivity contribution in [2.75, 3.05) is 6.54 Å². The minimum atomic E-state index is 0.208. The van der Waals surface area contributed by atoms with Gasteiger partial charge in [0, 0.05) is 17.3 Å². The number of pyridine rings is 1. The normalized spacial score (nSPS) is 12.6. The predicted molar refractivity (Wildman–Crippen MR) is 71.3 cm³/mol. The number of nitrogens with zero attached hydrogens (tertiary/aromatic N) is 2. The second-order valence-corrected chi connectivity index (χ2v) is 4.97. The van der Waals surface area contributed by atoms with E-state index in [0.29, 0.717) is 0 Å². The molecular formula is C13H17N3S. The first kappa shape index (κ1) is 12.2. The fraction of sp³-hybridized carbons (Fsp3) is 0.385. The zero-order valence-corrected chi connectivity index (χ0v) is 11.2. The first-order valence-corrected chi connectivity index (χ1v) is 6.65. The van der Waals surface area contributed by atoms with Gasteiger partial charge in [0.1, 0.15) is 0 Å². The SMILES string of the molecule is CCNC(c1cncc(C)c1)c1scnc1C. The molecule has 17 heavy (non-hydrogen) atoms. The van der Waals surface area contributed by atoms with Gasteiger partial charge < -0.3 is 5.32 Å². The number of thiazole rings is 1. The number of rotatable bonds is 4. The molecule has 0 aromatic carbocycles. The summed E-state index contributed by atoms with van der Waals surface area (Å²) in [6, 6.07) is 2.39. The highest BCUT2D eigenvalue weighted by molar-refractivity contribution is 7.09. The Morgan fingerprint density at radius 3 is 2.76 bits per heavy atom. The Kier molecular flexibility index (Phi) is 3.86. The van der Waals surface area contributed by atoms with Gasteiger partial charge in [0.15, 0.2) is 0 Å². The Hall–Kier alpha value is -1.26. The van der Waals surface area contributed by atoms with Crippen LogP contribution in [0.1, 0.15) is 34.7 Å². The first-order chi connectivity index (χ1) is 8.22. The van der Waals surface area contributed by atoms with Crippen LogP contribution in [0.2, 0.25) is 0 Å². The maximum absolute atomic E-state index is 4.33. The highest BCUT2D eigenvalue weighted by Gasteiger charge is 2.17. The molecule has 0 aliphatic carbocycles. The summed E-state index contributed by atoms with van der Waals surface area (Å²) >= 11 is 1.70. The quantitative estimate of drug-likeness (QED) is 0.902. The van der Waals surface area contributed by atoms with Gasteiger partial charge in [-0.2, -0.15) is 0 Å². The van der Waals surface area contributed by atoms with Crippen molar-refractivity contribution in [1.82, 2.24) is 15.3 Å². The van der Waals surface area contributed by atoms with Crippen LogP contribution in [-0.4, -0.2) is 16.5 Å². The van der Waals surface area contributed by atoms with Crippen molar-refractivity contribution < 1.29 is 0 Å². The van der Waals surface area contributed by atoms with Gasteiger partial charge in [-0.1, -0.05) is 13.0 Å². The third-order valence-electron chi connectivity index (χ3n) is 2.68. The largest absolute Gasteiger partial charge is 0.306 e. The summed E-state index contributed by atoms with van der Waals surface area (Å²) < 4.78 is 0. The van der Waals surface area contributed by atoms with Crippen LogP contribution >= 0.6 is 11.3 Å². The van der Waals surface area contributed by atoms with Crippen molar-refractivity contribution in [3.05, 3.63) is 45.7 Å². The molecule has 4 heteroatoms. The van der Waals surface area contributed by atoms with Crippen molar-refractivity contribution in [3.63, 3.8) is 0 Å². The van der Waals surface area contributed by atoms with Crippen LogP contribution in [0.5, 0.6) is 0 Å². The van der Waals surface area contributed by atoms with Gasteiger partial charge >= 0.3 is 0 Å². The van der Waals surface area contributed by atoms with E-state index in [1.165, 1.54) is 16.0 Å². The lowest BCUT2D eigenvalue weighted by molar-refractivity contribution is 0.633. The number of aryl methyl sites for hydroxylation is 2. The molecule has 2 rings (SSSR count). The van der Waals surface area contributed by atoms with E-state index < -0.39 is 0 Å². The van der Waals surface area contributed by atoms with E-state index in [0.717, 1.165) is 12.2 Å². The second-order valence-electron chi connectivity index (χ2n) is 4.09. The summed E-state index contributed by atoms with van der Waals surface area (Å²) in [5.41, 5.74) is 5.40. The number of nitrogens with one attached hydrogen (secondary N) is 1. The molecule has 3 nitrogen and oxygen atoms in total. The van der Waals surface area contributed by atoms with Crippen molar-refractivity contribution in [1.29, 1.82) is 0 Å². The van der Waals surface area contributed by atoms with E-state index in [-0.39, 0.29) is 6.04 Å². The third kappa shape index (κ3) is 2.70. The second kappa shape index (κ2) is 5.38. The third-order valence-corrected chi connectivity index (χ3v) is 3.68. The molecule has 0 aliphatic heterocycles. The van der Waals surface area contributed by atoms with Gasteiger partial charge in [0.05, 0.1) is 17.2 Å². The van der Waals surface area contributed by atoms with Crippen LogP contribution in [0.3, 0.4) is 0 Å². The Balaban J connectivity index is 2.39. The Bertz CT molecular complexity index is 493. The minimum absolute atomic E-state index is 0.208. The van der Waals surface area contributed by atoms with Gasteiger partial charge in [0.25, 0.3) is 0 Å². The molecule has 2 aromatic rings. The van der Waals surface area contributed by atoms with Gasteiger partial charge in [-0.25, -0.2) is 4.98 Å². The average molecular weight is 247 g/mol. The molecule has 0 saturated carbocycles. The molecule has 90 valence electrons. The molecule has 0 spiro atoms. The van der Waals surface area contributed by atoms with Gasteiger partial charge in [0.2, 0.25) is 0 Å². The molecule has 2 heterocycles. The summed E-state index contributed by atoms with van der Waals surface area (Å²) in [4.78, 5) is 9.87.